The highest BCUT2D eigenvalue weighted by molar-refractivity contribution is 5.94. The Balaban J connectivity index is 1.25. The van der Waals surface area contributed by atoms with Gasteiger partial charge in [-0.15, -0.1) is 0 Å². The van der Waals surface area contributed by atoms with Crippen LogP contribution >= 0.6 is 0 Å². The number of benzene rings is 1. The molecular formula is C26H28F2N6O2. The normalized spacial score (nSPS) is 18.3. The molecule has 36 heavy (non-hydrogen) atoms. The van der Waals surface area contributed by atoms with Crippen LogP contribution in [0.2, 0.25) is 0 Å². The van der Waals surface area contributed by atoms with Crippen molar-refractivity contribution in [3.63, 3.8) is 0 Å². The maximum atomic E-state index is 13.6. The van der Waals surface area contributed by atoms with Gasteiger partial charge in [-0.3, -0.25) is 9.59 Å². The number of rotatable bonds is 5. The maximum Gasteiger partial charge on any atom is 0.251 e. The Morgan fingerprint density at radius 3 is 2.44 bits per heavy atom. The summed E-state index contributed by atoms with van der Waals surface area (Å²) in [7, 11) is 0. The molecule has 0 radical (unpaired) electrons. The summed E-state index contributed by atoms with van der Waals surface area (Å²) in [6.07, 6.45) is 3.62. The Bertz CT molecular complexity index is 1270. The van der Waals surface area contributed by atoms with Gasteiger partial charge in [-0.25, -0.2) is 18.7 Å². The van der Waals surface area contributed by atoms with Gasteiger partial charge in [-0.05, 0) is 42.7 Å². The number of hydrogen-bond acceptors (Lipinski definition) is 5. The van der Waals surface area contributed by atoms with Gasteiger partial charge in [0.05, 0.1) is 5.39 Å². The number of halogens is 2. The van der Waals surface area contributed by atoms with E-state index < -0.39 is 5.92 Å². The van der Waals surface area contributed by atoms with Crippen LogP contribution in [0, 0.1) is 5.92 Å². The number of amides is 2. The second-order valence-corrected chi connectivity index (χ2v) is 9.36. The molecule has 0 atom stereocenters. The maximum absolute atomic E-state index is 13.6. The number of piperidine rings is 2. The number of likely N-dealkylation sites (tertiary alicyclic amines) is 1. The van der Waals surface area contributed by atoms with Gasteiger partial charge in [-0.1, -0.05) is 18.7 Å². The zero-order valence-electron chi connectivity index (χ0n) is 19.8. The molecule has 2 aliphatic rings. The number of aromatic nitrogens is 3. The van der Waals surface area contributed by atoms with Crippen molar-refractivity contribution in [2.24, 2.45) is 5.92 Å². The van der Waals surface area contributed by atoms with Crippen LogP contribution in [-0.4, -0.2) is 63.8 Å². The van der Waals surface area contributed by atoms with E-state index in [2.05, 4.69) is 26.8 Å². The van der Waals surface area contributed by atoms with Crippen molar-refractivity contribution in [2.45, 2.75) is 31.6 Å². The molecular weight excluding hydrogens is 466 g/mol. The number of carbonyl (C=O) groups excluding carboxylic acids is 2. The van der Waals surface area contributed by atoms with Crippen LogP contribution in [-0.2, 0) is 9.59 Å². The average Bonchev–Trinajstić information content (AvgIpc) is 3.33. The third kappa shape index (κ3) is 4.93. The minimum Gasteiger partial charge on any atom is -0.356 e. The van der Waals surface area contributed by atoms with Gasteiger partial charge in [0.2, 0.25) is 11.8 Å². The predicted octanol–water partition coefficient (Wildman–Crippen LogP) is 4.22. The number of alkyl halides is 2. The summed E-state index contributed by atoms with van der Waals surface area (Å²) < 4.78 is 27.2. The zero-order valence-corrected chi connectivity index (χ0v) is 19.8. The van der Waals surface area contributed by atoms with Crippen LogP contribution in [0.25, 0.3) is 22.3 Å². The second-order valence-electron chi connectivity index (χ2n) is 9.36. The smallest absolute Gasteiger partial charge is 0.251 e. The van der Waals surface area contributed by atoms with E-state index in [9.17, 15) is 18.4 Å². The van der Waals surface area contributed by atoms with Crippen LogP contribution in [0.4, 0.5) is 20.3 Å². The Kier molecular flexibility index (Phi) is 6.42. The van der Waals surface area contributed by atoms with Crippen molar-refractivity contribution in [1.29, 1.82) is 0 Å². The van der Waals surface area contributed by atoms with Gasteiger partial charge < -0.3 is 20.1 Å². The van der Waals surface area contributed by atoms with E-state index in [1.54, 1.807) is 4.90 Å². The van der Waals surface area contributed by atoms with E-state index in [0.717, 1.165) is 16.6 Å². The molecule has 1 aromatic carbocycles. The molecule has 2 fully saturated rings. The average molecular weight is 495 g/mol. The fourth-order valence-corrected chi connectivity index (χ4v) is 4.85. The lowest BCUT2D eigenvalue weighted by molar-refractivity contribution is -0.130. The number of aromatic amines is 1. The molecule has 2 amide bonds. The summed E-state index contributed by atoms with van der Waals surface area (Å²) in [4.78, 5) is 40.0. The molecule has 2 aromatic heterocycles. The highest BCUT2D eigenvalue weighted by Crippen LogP contribution is 2.34. The minimum atomic E-state index is -2.62. The summed E-state index contributed by atoms with van der Waals surface area (Å²) in [5, 5.41) is 3.76. The second kappa shape index (κ2) is 9.67. The molecule has 0 bridgehead atoms. The highest BCUT2D eigenvalue weighted by atomic mass is 19.3. The van der Waals surface area contributed by atoms with Crippen LogP contribution < -0.4 is 10.2 Å². The predicted molar refractivity (Wildman–Crippen MR) is 134 cm³/mol. The first-order valence-corrected chi connectivity index (χ1v) is 12.1. The molecule has 0 unspecified atom stereocenters. The number of fused-ring (bicyclic) bond motifs is 1. The van der Waals surface area contributed by atoms with Crippen molar-refractivity contribution >= 4 is 34.4 Å². The van der Waals surface area contributed by atoms with E-state index in [4.69, 9.17) is 0 Å². The summed E-state index contributed by atoms with van der Waals surface area (Å²) in [5.74, 6) is -2.25. The van der Waals surface area contributed by atoms with Crippen molar-refractivity contribution in [1.82, 2.24) is 19.9 Å². The molecule has 2 aliphatic heterocycles. The molecule has 10 heteroatoms. The third-order valence-corrected chi connectivity index (χ3v) is 7.01. The standard InChI is InChI=1S/C26H28F2N6O2/c1-2-22(35)33-11-7-18(8-12-33)25(36)31-19-5-3-17(4-6-19)21-15-20-23(32-21)29-16-30-24(20)34-13-9-26(27,28)10-14-34/h2-6,15-16,18H,1,7-14H2,(H,31,36)(H,29,30,32). The summed E-state index contributed by atoms with van der Waals surface area (Å²) in [5.41, 5.74) is 3.06. The first-order chi connectivity index (χ1) is 17.3. The fourth-order valence-electron chi connectivity index (χ4n) is 4.85. The van der Waals surface area contributed by atoms with Crippen molar-refractivity contribution in [2.75, 3.05) is 36.4 Å². The topological polar surface area (TPSA) is 94.2 Å². The quantitative estimate of drug-likeness (QED) is 0.518. The zero-order chi connectivity index (χ0) is 25.3. The summed E-state index contributed by atoms with van der Waals surface area (Å²) >= 11 is 0. The van der Waals surface area contributed by atoms with E-state index in [-0.39, 0.29) is 43.7 Å². The molecule has 8 nitrogen and oxygen atoms in total. The Morgan fingerprint density at radius 2 is 1.78 bits per heavy atom. The van der Waals surface area contributed by atoms with Gasteiger partial charge in [-0.2, -0.15) is 0 Å². The molecule has 3 aromatic rings. The molecule has 2 saturated heterocycles. The van der Waals surface area contributed by atoms with E-state index in [1.165, 1.54) is 12.4 Å². The number of anilines is 2. The van der Waals surface area contributed by atoms with Gasteiger partial charge in [0.15, 0.2) is 0 Å². The van der Waals surface area contributed by atoms with Crippen LogP contribution in [0.1, 0.15) is 25.7 Å². The van der Waals surface area contributed by atoms with E-state index >= 15 is 0 Å². The highest BCUT2D eigenvalue weighted by Gasteiger charge is 2.35. The molecule has 2 N–H and O–H groups in total. The fraction of sp³-hybridized carbons (Fsp3) is 0.385. The molecule has 188 valence electrons. The largest absolute Gasteiger partial charge is 0.356 e. The monoisotopic (exact) mass is 494 g/mol. The number of nitrogens with zero attached hydrogens (tertiary/aromatic N) is 4. The number of nitrogens with one attached hydrogen (secondary N) is 2. The van der Waals surface area contributed by atoms with Crippen LogP contribution in [0.5, 0.6) is 0 Å². The van der Waals surface area contributed by atoms with Crippen LogP contribution in [0.3, 0.4) is 0 Å². The SMILES string of the molecule is C=CC(=O)N1CCC(C(=O)Nc2ccc(-c3cc4c(N5CCC(F)(F)CC5)ncnc4[nH]3)cc2)CC1. The lowest BCUT2D eigenvalue weighted by Crippen LogP contribution is -2.40. The lowest BCUT2D eigenvalue weighted by atomic mass is 9.95. The minimum absolute atomic E-state index is 0.0499. The molecule has 0 spiro atoms. The van der Waals surface area contributed by atoms with Crippen molar-refractivity contribution in [3.05, 3.63) is 49.3 Å². The van der Waals surface area contributed by atoms with Gasteiger partial charge in [0, 0.05) is 56.3 Å². The first kappa shape index (κ1) is 23.9. The van der Waals surface area contributed by atoms with Crippen LogP contribution in [0.15, 0.2) is 49.3 Å². The number of hydrogen-bond donors (Lipinski definition) is 2. The Morgan fingerprint density at radius 1 is 1.08 bits per heavy atom. The van der Waals surface area contributed by atoms with Crippen molar-refractivity contribution < 1.29 is 18.4 Å². The molecule has 0 saturated carbocycles. The first-order valence-electron chi connectivity index (χ1n) is 12.1. The molecule has 4 heterocycles. The van der Waals surface area contributed by atoms with E-state index in [0.29, 0.717) is 43.1 Å². The summed E-state index contributed by atoms with van der Waals surface area (Å²) in [6.45, 7) is 5.10. The van der Waals surface area contributed by atoms with Gasteiger partial charge in [0.1, 0.15) is 17.8 Å². The molecule has 5 rings (SSSR count). The third-order valence-electron chi connectivity index (χ3n) is 7.01. The molecule has 0 aliphatic carbocycles. The van der Waals surface area contributed by atoms with Crippen molar-refractivity contribution in [3.8, 4) is 11.3 Å². The van der Waals surface area contributed by atoms with Gasteiger partial charge in [0.25, 0.3) is 5.92 Å². The van der Waals surface area contributed by atoms with Gasteiger partial charge >= 0.3 is 0 Å². The van der Waals surface area contributed by atoms with E-state index in [1.807, 2.05) is 35.2 Å². The Labute approximate surface area is 207 Å². The number of carbonyl (C=O) groups is 2. The lowest BCUT2D eigenvalue weighted by Gasteiger charge is -2.32. The number of H-pyrrole nitrogens is 1. The summed E-state index contributed by atoms with van der Waals surface area (Å²) in [6, 6.07) is 9.42. The Hall–Kier alpha value is -3.82.